The van der Waals surface area contributed by atoms with Crippen molar-refractivity contribution in [3.8, 4) is 11.5 Å². The predicted octanol–water partition coefficient (Wildman–Crippen LogP) is 3.54. The molecule has 0 bridgehead atoms. The normalized spacial score (nSPS) is 27.4. The summed E-state index contributed by atoms with van der Waals surface area (Å²) in [6.45, 7) is 1.39. The molecule has 2 unspecified atom stereocenters. The molecule has 2 saturated carbocycles. The highest BCUT2D eigenvalue weighted by molar-refractivity contribution is 5.92. The molecule has 130 valence electrons. The van der Waals surface area contributed by atoms with Crippen LogP contribution in [-0.2, 0) is 0 Å². The highest BCUT2D eigenvalue weighted by Crippen LogP contribution is 2.46. The van der Waals surface area contributed by atoms with Gasteiger partial charge in [-0.15, -0.1) is 0 Å². The van der Waals surface area contributed by atoms with Gasteiger partial charge in [0, 0.05) is 18.2 Å². The van der Waals surface area contributed by atoms with Crippen LogP contribution in [0, 0.1) is 11.8 Å². The van der Waals surface area contributed by atoms with Crippen molar-refractivity contribution in [1.82, 2.24) is 0 Å². The first-order valence-corrected chi connectivity index (χ1v) is 9.29. The number of anilines is 1. The van der Waals surface area contributed by atoms with Gasteiger partial charge in [0.15, 0.2) is 17.5 Å². The standard InChI is InChI=1S/C19H27N3O2/c20-19(22-16-12-15(16)13-5-2-1-3-6-13)21-14-7-8-17-18(11-14)24-10-4-9-23-17/h7-8,11,13,15-16H,1-6,9-10,12H2,(H3,20,21,22). The van der Waals surface area contributed by atoms with Crippen molar-refractivity contribution >= 4 is 11.6 Å². The monoisotopic (exact) mass is 329 g/mol. The molecule has 1 heterocycles. The van der Waals surface area contributed by atoms with Gasteiger partial charge in [0.25, 0.3) is 0 Å². The highest BCUT2D eigenvalue weighted by Gasteiger charge is 2.43. The Labute approximate surface area is 143 Å². The maximum atomic E-state index is 6.11. The number of benzene rings is 1. The summed E-state index contributed by atoms with van der Waals surface area (Å²) in [7, 11) is 0. The Morgan fingerprint density at radius 2 is 1.83 bits per heavy atom. The largest absolute Gasteiger partial charge is 0.490 e. The van der Waals surface area contributed by atoms with Gasteiger partial charge in [-0.3, -0.25) is 0 Å². The second kappa shape index (κ2) is 6.91. The quantitative estimate of drug-likeness (QED) is 0.657. The number of nitrogens with two attached hydrogens (primary N) is 1. The zero-order valence-electron chi connectivity index (χ0n) is 14.2. The number of hydrogen-bond acceptors (Lipinski definition) is 3. The van der Waals surface area contributed by atoms with Crippen molar-refractivity contribution in [2.24, 2.45) is 22.6 Å². The molecule has 5 nitrogen and oxygen atoms in total. The van der Waals surface area contributed by atoms with E-state index in [0.717, 1.165) is 35.4 Å². The van der Waals surface area contributed by atoms with Crippen molar-refractivity contribution in [1.29, 1.82) is 0 Å². The van der Waals surface area contributed by atoms with Crippen molar-refractivity contribution in [3.05, 3.63) is 18.2 Å². The van der Waals surface area contributed by atoms with Crippen LogP contribution in [0.2, 0.25) is 0 Å². The highest BCUT2D eigenvalue weighted by atomic mass is 16.5. The first kappa shape index (κ1) is 15.6. The Kier molecular flexibility index (Phi) is 4.50. The Morgan fingerprint density at radius 3 is 2.67 bits per heavy atom. The zero-order valence-corrected chi connectivity index (χ0v) is 14.2. The summed E-state index contributed by atoms with van der Waals surface area (Å²) < 4.78 is 11.4. The smallest absolute Gasteiger partial charge is 0.193 e. The van der Waals surface area contributed by atoms with E-state index < -0.39 is 0 Å². The van der Waals surface area contributed by atoms with E-state index in [1.807, 2.05) is 18.2 Å². The molecule has 0 amide bonds. The van der Waals surface area contributed by atoms with E-state index >= 15 is 0 Å². The van der Waals surface area contributed by atoms with Crippen LogP contribution in [0.4, 0.5) is 5.69 Å². The fourth-order valence-electron chi connectivity index (χ4n) is 4.02. The number of rotatable bonds is 3. The maximum absolute atomic E-state index is 6.11. The molecule has 24 heavy (non-hydrogen) atoms. The van der Waals surface area contributed by atoms with E-state index in [0.29, 0.717) is 25.2 Å². The molecular formula is C19H27N3O2. The first-order valence-electron chi connectivity index (χ1n) is 9.29. The number of aliphatic imine (C=N–C) groups is 1. The third-order valence-corrected chi connectivity index (χ3v) is 5.38. The van der Waals surface area contributed by atoms with E-state index in [1.54, 1.807) is 0 Å². The second-order valence-electron chi connectivity index (χ2n) is 7.22. The third-order valence-electron chi connectivity index (χ3n) is 5.38. The minimum atomic E-state index is 0.418. The maximum Gasteiger partial charge on any atom is 0.193 e. The lowest BCUT2D eigenvalue weighted by atomic mass is 9.85. The number of guanidine groups is 1. The van der Waals surface area contributed by atoms with Crippen molar-refractivity contribution < 1.29 is 9.47 Å². The van der Waals surface area contributed by atoms with Gasteiger partial charge in [0.2, 0.25) is 0 Å². The van der Waals surface area contributed by atoms with E-state index in [1.165, 1.54) is 38.5 Å². The van der Waals surface area contributed by atoms with E-state index in [9.17, 15) is 0 Å². The number of nitrogens with one attached hydrogen (secondary N) is 1. The lowest BCUT2D eigenvalue weighted by Gasteiger charge is -2.21. The van der Waals surface area contributed by atoms with Gasteiger partial charge in [0.05, 0.1) is 19.3 Å². The van der Waals surface area contributed by atoms with Crippen LogP contribution in [-0.4, -0.2) is 25.2 Å². The molecule has 1 aliphatic heterocycles. The average Bonchev–Trinajstić information content (AvgIpc) is 3.38. The summed E-state index contributed by atoms with van der Waals surface area (Å²) in [5.41, 5.74) is 7.01. The van der Waals surface area contributed by atoms with E-state index in [2.05, 4.69) is 10.3 Å². The van der Waals surface area contributed by atoms with Crippen LogP contribution in [0.15, 0.2) is 23.2 Å². The molecule has 2 atom stereocenters. The van der Waals surface area contributed by atoms with Gasteiger partial charge in [-0.25, -0.2) is 4.99 Å². The lowest BCUT2D eigenvalue weighted by molar-refractivity contribution is 0.297. The van der Waals surface area contributed by atoms with Crippen molar-refractivity contribution in [2.75, 3.05) is 18.5 Å². The van der Waals surface area contributed by atoms with Gasteiger partial charge in [-0.1, -0.05) is 32.1 Å². The minimum absolute atomic E-state index is 0.418. The molecule has 5 heteroatoms. The van der Waals surface area contributed by atoms with Crippen LogP contribution in [0.3, 0.4) is 0 Å². The molecule has 2 fully saturated rings. The predicted molar refractivity (Wildman–Crippen MR) is 95.8 cm³/mol. The molecule has 4 rings (SSSR count). The van der Waals surface area contributed by atoms with Crippen LogP contribution < -0.4 is 20.5 Å². The van der Waals surface area contributed by atoms with E-state index in [4.69, 9.17) is 15.2 Å². The number of fused-ring (bicyclic) bond motifs is 1. The SMILES string of the molecule is NC(=NC1CC1C1CCCCC1)Nc1ccc2c(c1)OCCCO2. The van der Waals surface area contributed by atoms with Crippen LogP contribution >= 0.6 is 0 Å². The Hall–Kier alpha value is -1.91. The summed E-state index contributed by atoms with van der Waals surface area (Å²) >= 11 is 0. The number of ether oxygens (including phenoxy) is 2. The van der Waals surface area contributed by atoms with E-state index in [-0.39, 0.29) is 0 Å². The van der Waals surface area contributed by atoms with Gasteiger partial charge in [-0.05, 0) is 30.4 Å². The summed E-state index contributed by atoms with van der Waals surface area (Å²) in [5, 5.41) is 3.20. The molecule has 1 aromatic rings. The molecule has 0 spiro atoms. The zero-order chi connectivity index (χ0) is 16.4. The summed E-state index contributed by atoms with van der Waals surface area (Å²) in [4.78, 5) is 4.68. The molecule has 3 aliphatic rings. The Bertz CT molecular complexity index is 611. The summed E-state index contributed by atoms with van der Waals surface area (Å²) in [5.74, 6) is 3.71. The third kappa shape index (κ3) is 3.60. The van der Waals surface area contributed by atoms with Gasteiger partial charge >= 0.3 is 0 Å². The molecule has 1 aromatic carbocycles. The van der Waals surface area contributed by atoms with Crippen molar-refractivity contribution in [2.45, 2.75) is 51.0 Å². The first-order chi connectivity index (χ1) is 11.8. The van der Waals surface area contributed by atoms with Crippen LogP contribution in [0.1, 0.15) is 44.9 Å². The average molecular weight is 329 g/mol. The minimum Gasteiger partial charge on any atom is -0.490 e. The molecule has 3 N–H and O–H groups in total. The number of nitrogens with zero attached hydrogens (tertiary/aromatic N) is 1. The molecule has 0 radical (unpaired) electrons. The Morgan fingerprint density at radius 1 is 1.04 bits per heavy atom. The summed E-state index contributed by atoms with van der Waals surface area (Å²) in [6.07, 6.45) is 9.06. The van der Waals surface area contributed by atoms with Gasteiger partial charge < -0.3 is 20.5 Å². The van der Waals surface area contributed by atoms with Crippen molar-refractivity contribution in [3.63, 3.8) is 0 Å². The lowest BCUT2D eigenvalue weighted by Crippen LogP contribution is -2.23. The van der Waals surface area contributed by atoms with Crippen LogP contribution in [0.5, 0.6) is 11.5 Å². The topological polar surface area (TPSA) is 68.9 Å². The fourth-order valence-corrected chi connectivity index (χ4v) is 4.02. The molecule has 0 saturated heterocycles. The summed E-state index contributed by atoms with van der Waals surface area (Å²) in [6, 6.07) is 6.25. The fraction of sp³-hybridized carbons (Fsp3) is 0.632. The molecular weight excluding hydrogens is 302 g/mol. The second-order valence-corrected chi connectivity index (χ2v) is 7.22. The molecule has 0 aromatic heterocycles. The van der Waals surface area contributed by atoms with Crippen LogP contribution in [0.25, 0.3) is 0 Å². The Balaban J connectivity index is 1.36. The molecule has 2 aliphatic carbocycles. The van der Waals surface area contributed by atoms with Gasteiger partial charge in [0.1, 0.15) is 0 Å². The van der Waals surface area contributed by atoms with Gasteiger partial charge in [-0.2, -0.15) is 0 Å². The number of hydrogen-bond donors (Lipinski definition) is 2.